The number of hydrogen-bond donors (Lipinski definition) is 1. The molecule has 2 N–H and O–H groups in total. The molecule has 0 amide bonds. The minimum Gasteiger partial charge on any atom is -0.369 e. The van der Waals surface area contributed by atoms with E-state index in [1.807, 2.05) is 18.2 Å². The molecule has 108 valence electrons. The average molecular weight is 369 g/mol. The van der Waals surface area contributed by atoms with Crippen molar-refractivity contribution in [1.29, 1.82) is 0 Å². The molecule has 6 heteroatoms. The van der Waals surface area contributed by atoms with E-state index in [-0.39, 0.29) is 11.9 Å². The molecule has 0 aliphatic carbocycles. The van der Waals surface area contributed by atoms with Gasteiger partial charge < -0.3 is 10.6 Å². The molecule has 2 aromatic rings. The average Bonchev–Trinajstić information content (AvgIpc) is 2.84. The Morgan fingerprint density at radius 3 is 2.76 bits per heavy atom. The van der Waals surface area contributed by atoms with E-state index in [9.17, 15) is 4.39 Å². The minimum absolute atomic E-state index is 0.160. The van der Waals surface area contributed by atoms with Gasteiger partial charge in [-0.15, -0.1) is 0 Å². The first-order valence-corrected chi connectivity index (χ1v) is 7.53. The zero-order valence-electron chi connectivity index (χ0n) is 10.9. The van der Waals surface area contributed by atoms with Crippen molar-refractivity contribution in [3.8, 4) is 0 Å². The smallest absolute Gasteiger partial charge is 0.196 e. The van der Waals surface area contributed by atoms with Crippen LogP contribution in [0.4, 0.5) is 10.1 Å². The van der Waals surface area contributed by atoms with E-state index in [0.717, 1.165) is 10.0 Å². The molecule has 0 spiro atoms. The quantitative estimate of drug-likeness (QED) is 0.866. The highest BCUT2D eigenvalue weighted by molar-refractivity contribution is 9.10. The van der Waals surface area contributed by atoms with Crippen molar-refractivity contribution < 1.29 is 4.39 Å². The Morgan fingerprint density at radius 2 is 2.05 bits per heavy atom. The number of guanidine groups is 1. The van der Waals surface area contributed by atoms with Crippen molar-refractivity contribution in [1.82, 2.24) is 0 Å². The van der Waals surface area contributed by atoms with Gasteiger partial charge in [0.1, 0.15) is 5.82 Å². The molecule has 0 fully saturated rings. The van der Waals surface area contributed by atoms with Crippen molar-refractivity contribution in [3.63, 3.8) is 0 Å². The molecule has 1 heterocycles. The van der Waals surface area contributed by atoms with E-state index < -0.39 is 0 Å². The molecule has 1 aliphatic rings. The molecule has 1 aliphatic heterocycles. The minimum atomic E-state index is -0.328. The monoisotopic (exact) mass is 367 g/mol. The molecular formula is C15H12BrClFN3. The maximum absolute atomic E-state index is 14.1. The molecule has 2 aromatic carbocycles. The van der Waals surface area contributed by atoms with E-state index in [0.29, 0.717) is 23.2 Å². The summed E-state index contributed by atoms with van der Waals surface area (Å²) in [7, 11) is 0. The van der Waals surface area contributed by atoms with Gasteiger partial charge in [-0.3, -0.25) is 4.99 Å². The summed E-state index contributed by atoms with van der Waals surface area (Å²) < 4.78 is 14.9. The van der Waals surface area contributed by atoms with Crippen LogP contribution in [-0.2, 0) is 0 Å². The summed E-state index contributed by atoms with van der Waals surface area (Å²) in [5, 5.41) is 0.603. The first-order valence-electron chi connectivity index (χ1n) is 6.36. The van der Waals surface area contributed by atoms with E-state index in [2.05, 4.69) is 20.9 Å². The molecule has 0 bridgehead atoms. The van der Waals surface area contributed by atoms with Gasteiger partial charge >= 0.3 is 0 Å². The molecule has 0 aromatic heterocycles. The van der Waals surface area contributed by atoms with Crippen LogP contribution in [-0.4, -0.2) is 12.5 Å². The fourth-order valence-corrected chi connectivity index (χ4v) is 2.85. The highest BCUT2D eigenvalue weighted by Gasteiger charge is 2.30. The highest BCUT2D eigenvalue weighted by atomic mass is 79.9. The maximum atomic E-state index is 14.1. The van der Waals surface area contributed by atoms with Gasteiger partial charge in [-0.1, -0.05) is 29.8 Å². The van der Waals surface area contributed by atoms with Crippen LogP contribution in [0.15, 0.2) is 51.9 Å². The number of rotatable bonds is 2. The zero-order chi connectivity index (χ0) is 15.0. The second kappa shape index (κ2) is 5.66. The molecule has 1 atom stereocenters. The SMILES string of the molecule is NC1=NCC(c2ccc(Br)c(Cl)c2)N1c1ccccc1F. The van der Waals surface area contributed by atoms with Crippen molar-refractivity contribution in [3.05, 3.63) is 63.3 Å². The van der Waals surface area contributed by atoms with Crippen LogP contribution in [0.25, 0.3) is 0 Å². The van der Waals surface area contributed by atoms with Crippen LogP contribution in [0.2, 0.25) is 5.02 Å². The van der Waals surface area contributed by atoms with Crippen LogP contribution in [0, 0.1) is 5.82 Å². The van der Waals surface area contributed by atoms with Gasteiger partial charge in [0.25, 0.3) is 0 Å². The maximum Gasteiger partial charge on any atom is 0.196 e. The third-order valence-corrected chi connectivity index (χ3v) is 4.66. The fourth-order valence-electron chi connectivity index (χ4n) is 2.41. The molecule has 0 radical (unpaired) electrons. The summed E-state index contributed by atoms with van der Waals surface area (Å²) in [6.07, 6.45) is 0. The predicted octanol–water partition coefficient (Wildman–Crippen LogP) is 4.12. The lowest BCUT2D eigenvalue weighted by atomic mass is 10.1. The molecule has 3 rings (SSSR count). The molecule has 0 saturated carbocycles. The summed E-state index contributed by atoms with van der Waals surface area (Å²) in [5.74, 6) is -0.0186. The Balaban J connectivity index is 2.03. The normalized spacial score (nSPS) is 18.0. The lowest BCUT2D eigenvalue weighted by molar-refractivity contribution is 0.619. The van der Waals surface area contributed by atoms with Crippen LogP contribution >= 0.6 is 27.5 Å². The number of nitrogens with zero attached hydrogens (tertiary/aromatic N) is 2. The fraction of sp³-hybridized carbons (Fsp3) is 0.133. The largest absolute Gasteiger partial charge is 0.369 e. The van der Waals surface area contributed by atoms with E-state index >= 15 is 0 Å². The Labute approximate surface area is 135 Å². The highest BCUT2D eigenvalue weighted by Crippen LogP contribution is 2.35. The summed E-state index contributed by atoms with van der Waals surface area (Å²) in [5.41, 5.74) is 7.30. The summed E-state index contributed by atoms with van der Waals surface area (Å²) >= 11 is 9.51. The first-order chi connectivity index (χ1) is 10.1. The number of hydrogen-bond acceptors (Lipinski definition) is 3. The molecule has 0 saturated heterocycles. The van der Waals surface area contributed by atoms with Crippen molar-refractivity contribution >= 4 is 39.2 Å². The number of anilines is 1. The van der Waals surface area contributed by atoms with E-state index in [1.165, 1.54) is 6.07 Å². The lowest BCUT2D eigenvalue weighted by Crippen LogP contribution is -2.36. The van der Waals surface area contributed by atoms with Gasteiger partial charge in [-0.05, 0) is 45.8 Å². The van der Waals surface area contributed by atoms with Crippen LogP contribution < -0.4 is 10.6 Å². The molecule has 21 heavy (non-hydrogen) atoms. The third-order valence-electron chi connectivity index (χ3n) is 3.43. The molecule has 1 unspecified atom stereocenters. The molecule has 3 nitrogen and oxygen atoms in total. The topological polar surface area (TPSA) is 41.6 Å². The Bertz CT molecular complexity index is 720. The number of nitrogens with two attached hydrogens (primary N) is 1. The summed E-state index contributed by atoms with van der Waals surface area (Å²) in [4.78, 5) is 5.95. The summed E-state index contributed by atoms with van der Waals surface area (Å²) in [6.45, 7) is 0.470. The lowest BCUT2D eigenvalue weighted by Gasteiger charge is -2.27. The van der Waals surface area contributed by atoms with Crippen molar-refractivity contribution in [2.45, 2.75) is 6.04 Å². The third kappa shape index (κ3) is 2.63. The van der Waals surface area contributed by atoms with Gasteiger partial charge in [0.2, 0.25) is 0 Å². The van der Waals surface area contributed by atoms with Crippen molar-refractivity contribution in [2.24, 2.45) is 10.7 Å². The van der Waals surface area contributed by atoms with Gasteiger partial charge in [-0.2, -0.15) is 0 Å². The number of aliphatic imine (C=N–C) groups is 1. The second-order valence-electron chi connectivity index (χ2n) is 4.71. The van der Waals surface area contributed by atoms with Crippen molar-refractivity contribution in [2.75, 3.05) is 11.4 Å². The number of benzene rings is 2. The number of para-hydroxylation sites is 1. The van der Waals surface area contributed by atoms with Gasteiger partial charge in [-0.25, -0.2) is 4.39 Å². The van der Waals surface area contributed by atoms with Gasteiger partial charge in [0, 0.05) is 4.47 Å². The van der Waals surface area contributed by atoms with E-state index in [4.69, 9.17) is 17.3 Å². The second-order valence-corrected chi connectivity index (χ2v) is 5.97. The van der Waals surface area contributed by atoms with E-state index in [1.54, 1.807) is 23.1 Å². The zero-order valence-corrected chi connectivity index (χ0v) is 13.3. The number of halogens is 3. The summed E-state index contributed by atoms with van der Waals surface area (Å²) in [6, 6.07) is 12.0. The van der Waals surface area contributed by atoms with Crippen LogP contribution in [0.3, 0.4) is 0 Å². The standard InChI is InChI=1S/C15H12BrClFN3/c16-10-6-5-9(7-11(10)17)14-8-20-15(19)21(14)13-4-2-1-3-12(13)18/h1-7,14H,8H2,(H2,19,20). The van der Waals surface area contributed by atoms with Gasteiger partial charge in [0.05, 0.1) is 23.3 Å². The Morgan fingerprint density at radius 1 is 1.29 bits per heavy atom. The van der Waals surface area contributed by atoms with Gasteiger partial charge in [0.15, 0.2) is 5.96 Å². The predicted molar refractivity (Wildman–Crippen MR) is 87.3 cm³/mol. The molecular weight excluding hydrogens is 357 g/mol. The van der Waals surface area contributed by atoms with Crippen LogP contribution in [0.5, 0.6) is 0 Å². The Hall–Kier alpha value is -1.59. The van der Waals surface area contributed by atoms with Crippen LogP contribution in [0.1, 0.15) is 11.6 Å². The first kappa shape index (κ1) is 14.4. The Kier molecular flexibility index (Phi) is 3.87.